The monoisotopic (exact) mass is 182 g/mol. The van der Waals surface area contributed by atoms with Crippen LogP contribution in [0.1, 0.15) is 27.2 Å². The maximum atomic E-state index is 11.0. The van der Waals surface area contributed by atoms with Crippen LogP contribution in [0.3, 0.4) is 0 Å². The van der Waals surface area contributed by atoms with Crippen molar-refractivity contribution in [2.24, 2.45) is 5.92 Å². The first-order valence-corrected chi connectivity index (χ1v) is 4.63. The number of hydrogen-bond acceptors (Lipinski definition) is 2. The number of ether oxygens (including phenoxy) is 1. The van der Waals surface area contributed by atoms with Crippen molar-refractivity contribution in [2.75, 3.05) is 6.61 Å². The summed E-state index contributed by atoms with van der Waals surface area (Å²) in [5.74, 6) is 0.311. The normalized spacial score (nSPS) is 11.7. The number of hydrogen-bond donors (Lipinski definition) is 0. The van der Waals surface area contributed by atoms with Gasteiger partial charge in [-0.15, -0.1) is 0 Å². The molecule has 0 saturated heterocycles. The lowest BCUT2D eigenvalue weighted by Crippen LogP contribution is -2.04. The minimum absolute atomic E-state index is 0.265. The molecule has 0 spiro atoms. The van der Waals surface area contributed by atoms with Crippen LogP contribution in [0, 0.1) is 5.92 Å². The van der Waals surface area contributed by atoms with Gasteiger partial charge in [0.15, 0.2) is 0 Å². The molecule has 2 heteroatoms. The molecule has 0 unspecified atom stereocenters. The van der Waals surface area contributed by atoms with E-state index in [9.17, 15) is 4.79 Å². The number of carbonyl (C=O) groups excluding carboxylic acids is 1. The van der Waals surface area contributed by atoms with Crippen molar-refractivity contribution in [3.8, 4) is 0 Å². The molecule has 0 heterocycles. The van der Waals surface area contributed by atoms with Gasteiger partial charge in [-0.1, -0.05) is 32.1 Å². The maximum Gasteiger partial charge on any atom is 0.330 e. The van der Waals surface area contributed by atoms with Crippen molar-refractivity contribution >= 4 is 5.97 Å². The average molecular weight is 182 g/mol. The lowest BCUT2D eigenvalue weighted by Gasteiger charge is -2.03. The van der Waals surface area contributed by atoms with Gasteiger partial charge >= 0.3 is 5.97 Å². The summed E-state index contributed by atoms with van der Waals surface area (Å²) in [5.41, 5.74) is 0. The summed E-state index contributed by atoms with van der Waals surface area (Å²) < 4.78 is 4.94. The molecule has 0 aromatic carbocycles. The van der Waals surface area contributed by atoms with Crippen LogP contribution in [0.2, 0.25) is 0 Å². The fourth-order valence-electron chi connectivity index (χ4n) is 0.689. The maximum absolute atomic E-state index is 11.0. The SMILES string of the molecule is C/C=C/C=C/C(=O)OCCC(C)C. The van der Waals surface area contributed by atoms with Crippen LogP contribution >= 0.6 is 0 Å². The Labute approximate surface area is 80.3 Å². The molecule has 0 saturated carbocycles. The van der Waals surface area contributed by atoms with Gasteiger partial charge < -0.3 is 4.74 Å². The van der Waals surface area contributed by atoms with Gasteiger partial charge in [0.2, 0.25) is 0 Å². The minimum Gasteiger partial charge on any atom is -0.463 e. The van der Waals surface area contributed by atoms with E-state index < -0.39 is 0 Å². The highest BCUT2D eigenvalue weighted by Crippen LogP contribution is 1.99. The van der Waals surface area contributed by atoms with Crippen molar-refractivity contribution in [2.45, 2.75) is 27.2 Å². The molecule has 0 aliphatic carbocycles. The highest BCUT2D eigenvalue weighted by atomic mass is 16.5. The summed E-state index contributed by atoms with van der Waals surface area (Å²) in [7, 11) is 0. The van der Waals surface area contributed by atoms with Crippen LogP contribution in [0.4, 0.5) is 0 Å². The molecule has 0 aromatic rings. The molecule has 0 aliphatic heterocycles. The largest absolute Gasteiger partial charge is 0.463 e. The lowest BCUT2D eigenvalue weighted by atomic mass is 10.1. The summed E-state index contributed by atoms with van der Waals surface area (Å²) in [6.45, 7) is 6.61. The first kappa shape index (κ1) is 11.9. The first-order valence-electron chi connectivity index (χ1n) is 4.63. The zero-order valence-electron chi connectivity index (χ0n) is 8.62. The summed E-state index contributed by atoms with van der Waals surface area (Å²) in [4.78, 5) is 11.0. The summed E-state index contributed by atoms with van der Waals surface area (Å²) in [6, 6.07) is 0. The number of rotatable bonds is 5. The van der Waals surface area contributed by atoms with Crippen LogP contribution < -0.4 is 0 Å². The third kappa shape index (κ3) is 8.86. The first-order chi connectivity index (χ1) is 6.16. The van der Waals surface area contributed by atoms with Crippen LogP contribution in [0.15, 0.2) is 24.3 Å². The molecule has 0 radical (unpaired) electrons. The summed E-state index contributed by atoms with van der Waals surface area (Å²) in [5, 5.41) is 0. The molecular weight excluding hydrogens is 164 g/mol. The number of allylic oxidation sites excluding steroid dienone is 3. The van der Waals surface area contributed by atoms with E-state index in [1.54, 1.807) is 12.2 Å². The zero-order chi connectivity index (χ0) is 10.1. The minimum atomic E-state index is -0.265. The van der Waals surface area contributed by atoms with Crippen LogP contribution in [-0.4, -0.2) is 12.6 Å². The summed E-state index contributed by atoms with van der Waals surface area (Å²) in [6.07, 6.45) is 7.68. The van der Waals surface area contributed by atoms with E-state index in [0.29, 0.717) is 12.5 Å². The molecule has 0 atom stereocenters. The van der Waals surface area contributed by atoms with Crippen molar-refractivity contribution in [3.05, 3.63) is 24.3 Å². The van der Waals surface area contributed by atoms with Crippen molar-refractivity contribution in [1.82, 2.24) is 0 Å². The van der Waals surface area contributed by atoms with Gasteiger partial charge in [0.1, 0.15) is 0 Å². The Bertz CT molecular complexity index is 190. The predicted octanol–water partition coefficient (Wildman–Crippen LogP) is 2.71. The highest BCUT2D eigenvalue weighted by Gasteiger charge is 1.97. The number of carbonyl (C=O) groups is 1. The van der Waals surface area contributed by atoms with Gasteiger partial charge in [-0.25, -0.2) is 4.79 Å². The Balaban J connectivity index is 3.51. The lowest BCUT2D eigenvalue weighted by molar-refractivity contribution is -0.138. The molecular formula is C11H18O2. The van der Waals surface area contributed by atoms with Gasteiger partial charge in [-0.2, -0.15) is 0 Å². The molecule has 13 heavy (non-hydrogen) atoms. The van der Waals surface area contributed by atoms with E-state index in [4.69, 9.17) is 4.74 Å². The molecule has 2 nitrogen and oxygen atoms in total. The Hall–Kier alpha value is -1.05. The molecule has 74 valence electrons. The number of esters is 1. The van der Waals surface area contributed by atoms with E-state index in [1.165, 1.54) is 6.08 Å². The van der Waals surface area contributed by atoms with E-state index in [2.05, 4.69) is 13.8 Å². The van der Waals surface area contributed by atoms with E-state index in [-0.39, 0.29) is 5.97 Å². The fraction of sp³-hybridized carbons (Fsp3) is 0.545. The van der Waals surface area contributed by atoms with Crippen LogP contribution in [0.25, 0.3) is 0 Å². The molecule has 0 rings (SSSR count). The van der Waals surface area contributed by atoms with E-state index in [0.717, 1.165) is 6.42 Å². The highest BCUT2D eigenvalue weighted by molar-refractivity contribution is 5.82. The van der Waals surface area contributed by atoms with Crippen molar-refractivity contribution in [1.29, 1.82) is 0 Å². The van der Waals surface area contributed by atoms with Gasteiger partial charge in [0, 0.05) is 6.08 Å². The smallest absolute Gasteiger partial charge is 0.330 e. The standard InChI is InChI=1S/C11H18O2/c1-4-5-6-7-11(12)13-9-8-10(2)3/h4-7,10H,8-9H2,1-3H3/b5-4+,7-6+. The average Bonchev–Trinajstić information content (AvgIpc) is 2.04. The molecule has 0 aromatic heterocycles. The zero-order valence-corrected chi connectivity index (χ0v) is 8.62. The van der Waals surface area contributed by atoms with Gasteiger partial charge in [0.05, 0.1) is 6.61 Å². The summed E-state index contributed by atoms with van der Waals surface area (Å²) >= 11 is 0. The molecule has 0 aliphatic rings. The molecule has 0 bridgehead atoms. The fourth-order valence-corrected chi connectivity index (χ4v) is 0.689. The second-order valence-electron chi connectivity index (χ2n) is 3.23. The van der Waals surface area contributed by atoms with Gasteiger partial charge in [0.25, 0.3) is 0 Å². The van der Waals surface area contributed by atoms with Crippen molar-refractivity contribution in [3.63, 3.8) is 0 Å². The predicted molar refractivity (Wildman–Crippen MR) is 54.4 cm³/mol. The third-order valence-electron chi connectivity index (χ3n) is 1.48. The molecule has 0 fully saturated rings. The van der Waals surface area contributed by atoms with E-state index in [1.807, 2.05) is 13.0 Å². The second-order valence-corrected chi connectivity index (χ2v) is 3.23. The van der Waals surface area contributed by atoms with Gasteiger partial charge in [-0.3, -0.25) is 0 Å². The quantitative estimate of drug-likeness (QED) is 0.371. The van der Waals surface area contributed by atoms with Crippen LogP contribution in [-0.2, 0) is 9.53 Å². The topological polar surface area (TPSA) is 26.3 Å². The third-order valence-corrected chi connectivity index (χ3v) is 1.48. The van der Waals surface area contributed by atoms with Crippen molar-refractivity contribution < 1.29 is 9.53 Å². The van der Waals surface area contributed by atoms with E-state index >= 15 is 0 Å². The molecule has 0 N–H and O–H groups in total. The van der Waals surface area contributed by atoms with Crippen LogP contribution in [0.5, 0.6) is 0 Å². The Morgan fingerprint density at radius 1 is 1.38 bits per heavy atom. The molecule has 0 amide bonds. The Kier molecular flexibility index (Phi) is 6.98. The second kappa shape index (κ2) is 7.59. The van der Waals surface area contributed by atoms with Gasteiger partial charge in [-0.05, 0) is 19.3 Å². The Morgan fingerprint density at radius 2 is 2.08 bits per heavy atom. The Morgan fingerprint density at radius 3 is 2.62 bits per heavy atom.